The molecule has 25 heavy (non-hydrogen) atoms. The first-order valence-corrected chi connectivity index (χ1v) is 10.6. The molecule has 0 bridgehead atoms. The van der Waals surface area contributed by atoms with Crippen LogP contribution < -0.4 is 10.1 Å². The van der Waals surface area contributed by atoms with Gasteiger partial charge in [0.15, 0.2) is 9.84 Å². The van der Waals surface area contributed by atoms with E-state index >= 15 is 0 Å². The van der Waals surface area contributed by atoms with Crippen LogP contribution in [-0.4, -0.2) is 56.0 Å². The molecule has 1 heterocycles. The van der Waals surface area contributed by atoms with Crippen molar-refractivity contribution in [3.05, 3.63) is 24.3 Å². The maximum Gasteiger partial charge on any atom is 0.225 e. The fourth-order valence-electron chi connectivity index (χ4n) is 3.02. The van der Waals surface area contributed by atoms with Crippen molar-refractivity contribution in [3.8, 4) is 5.75 Å². The molecule has 6 nitrogen and oxygen atoms in total. The number of nitrogens with one attached hydrogen (secondary N) is 1. The van der Waals surface area contributed by atoms with Crippen molar-refractivity contribution in [2.45, 2.75) is 45.8 Å². The summed E-state index contributed by atoms with van der Waals surface area (Å²) < 4.78 is 28.8. The first-order chi connectivity index (χ1) is 11.8. The zero-order valence-corrected chi connectivity index (χ0v) is 16.0. The number of rotatable bonds is 8. The van der Waals surface area contributed by atoms with E-state index < -0.39 is 9.84 Å². The van der Waals surface area contributed by atoms with E-state index in [1.54, 1.807) is 0 Å². The number of hydrogen-bond acceptors (Lipinski definition) is 5. The van der Waals surface area contributed by atoms with Gasteiger partial charge in [-0.05, 0) is 51.1 Å². The summed E-state index contributed by atoms with van der Waals surface area (Å²) in [6.45, 7) is 7.23. The lowest BCUT2D eigenvalue weighted by Gasteiger charge is -2.26. The molecule has 1 unspecified atom stereocenters. The second-order valence-electron chi connectivity index (χ2n) is 6.67. The molecule has 1 aliphatic heterocycles. The summed E-state index contributed by atoms with van der Waals surface area (Å²) in [5.41, 5.74) is 0.729. The highest BCUT2D eigenvalue weighted by Gasteiger charge is 2.31. The Labute approximate surface area is 150 Å². The highest BCUT2D eigenvalue weighted by atomic mass is 32.2. The molecule has 0 aliphatic carbocycles. The van der Waals surface area contributed by atoms with Crippen molar-refractivity contribution in [2.24, 2.45) is 0 Å². The van der Waals surface area contributed by atoms with Gasteiger partial charge in [-0.25, -0.2) is 8.42 Å². The van der Waals surface area contributed by atoms with Gasteiger partial charge in [-0.15, -0.1) is 0 Å². The molecule has 7 heteroatoms. The first-order valence-electron chi connectivity index (χ1n) is 8.80. The van der Waals surface area contributed by atoms with Crippen molar-refractivity contribution in [1.82, 2.24) is 4.90 Å². The lowest BCUT2D eigenvalue weighted by molar-refractivity contribution is -0.116. The highest BCUT2D eigenvalue weighted by molar-refractivity contribution is 7.91. The number of hydrogen-bond donors (Lipinski definition) is 1. The fraction of sp³-hybridized carbons (Fsp3) is 0.611. The molecular weight excluding hydrogens is 340 g/mol. The van der Waals surface area contributed by atoms with Gasteiger partial charge in [-0.1, -0.05) is 6.92 Å². The van der Waals surface area contributed by atoms with Crippen LogP contribution in [-0.2, 0) is 14.6 Å². The van der Waals surface area contributed by atoms with Gasteiger partial charge in [0, 0.05) is 24.7 Å². The summed E-state index contributed by atoms with van der Waals surface area (Å²) in [5.74, 6) is 1.16. The van der Waals surface area contributed by atoms with Crippen LogP contribution in [0.2, 0.25) is 0 Å². The molecular formula is C18H28N2O4S. The van der Waals surface area contributed by atoms with Gasteiger partial charge >= 0.3 is 0 Å². The molecule has 1 N–H and O–H groups in total. The van der Waals surface area contributed by atoms with Crippen LogP contribution in [0.25, 0.3) is 0 Å². The highest BCUT2D eigenvalue weighted by Crippen LogP contribution is 2.19. The van der Waals surface area contributed by atoms with E-state index in [2.05, 4.69) is 10.2 Å². The molecule has 0 aromatic heterocycles. The third kappa shape index (κ3) is 6.32. The van der Waals surface area contributed by atoms with Crippen molar-refractivity contribution < 1.29 is 17.9 Å². The zero-order valence-electron chi connectivity index (χ0n) is 15.2. The summed E-state index contributed by atoms with van der Waals surface area (Å²) in [5, 5.41) is 2.87. The molecule has 1 fully saturated rings. The maximum atomic E-state index is 12.2. The molecule has 1 saturated heterocycles. The van der Waals surface area contributed by atoms with Crippen LogP contribution in [0.4, 0.5) is 5.69 Å². The van der Waals surface area contributed by atoms with Crippen LogP contribution in [0.5, 0.6) is 5.75 Å². The summed E-state index contributed by atoms with van der Waals surface area (Å²) in [6.07, 6.45) is 1.11. The number of ether oxygens (including phenoxy) is 1. The van der Waals surface area contributed by atoms with E-state index in [-0.39, 0.29) is 29.6 Å². The number of anilines is 1. The van der Waals surface area contributed by atoms with E-state index in [1.807, 2.05) is 45.0 Å². The van der Waals surface area contributed by atoms with Gasteiger partial charge in [0.05, 0.1) is 17.6 Å². The number of benzene rings is 1. The van der Waals surface area contributed by atoms with Gasteiger partial charge in [-0.2, -0.15) is 0 Å². The Kier molecular flexibility index (Phi) is 6.84. The van der Waals surface area contributed by atoms with Gasteiger partial charge in [0.1, 0.15) is 5.75 Å². The summed E-state index contributed by atoms with van der Waals surface area (Å²) >= 11 is 0. The molecule has 0 radical (unpaired) electrons. The Morgan fingerprint density at radius 1 is 1.32 bits per heavy atom. The van der Waals surface area contributed by atoms with Gasteiger partial charge in [0.2, 0.25) is 5.91 Å². The molecule has 1 aromatic carbocycles. The van der Waals surface area contributed by atoms with Crippen molar-refractivity contribution in [3.63, 3.8) is 0 Å². The van der Waals surface area contributed by atoms with Gasteiger partial charge < -0.3 is 10.1 Å². The summed E-state index contributed by atoms with van der Waals surface area (Å²) in [4.78, 5) is 14.2. The average Bonchev–Trinajstić information content (AvgIpc) is 2.89. The Bertz CT molecular complexity index is 671. The Hall–Kier alpha value is -1.60. The molecule has 0 spiro atoms. The van der Waals surface area contributed by atoms with Crippen LogP contribution in [0.15, 0.2) is 24.3 Å². The van der Waals surface area contributed by atoms with Crippen molar-refractivity contribution >= 4 is 21.4 Å². The second-order valence-corrected chi connectivity index (χ2v) is 8.90. The number of carbonyl (C=O) groups is 1. The lowest BCUT2D eigenvalue weighted by Crippen LogP contribution is -2.38. The van der Waals surface area contributed by atoms with Crippen molar-refractivity contribution in [2.75, 3.05) is 29.9 Å². The van der Waals surface area contributed by atoms with Crippen molar-refractivity contribution in [1.29, 1.82) is 0 Å². The van der Waals surface area contributed by atoms with E-state index in [0.717, 1.165) is 18.0 Å². The minimum Gasteiger partial charge on any atom is -0.491 e. The number of amides is 1. The third-order valence-electron chi connectivity index (χ3n) is 4.27. The SMILES string of the molecule is CCN(CCC(=O)Nc1ccc(OC(C)C)cc1)C1CCS(=O)(=O)C1. The maximum absolute atomic E-state index is 12.2. The predicted octanol–water partition coefficient (Wildman–Crippen LogP) is 2.31. The molecule has 0 saturated carbocycles. The quantitative estimate of drug-likeness (QED) is 0.762. The number of carbonyl (C=O) groups excluding carboxylic acids is 1. The predicted molar refractivity (Wildman–Crippen MR) is 99.8 cm³/mol. The summed E-state index contributed by atoms with van der Waals surface area (Å²) in [6, 6.07) is 7.33. The molecule has 1 aliphatic rings. The molecule has 1 amide bonds. The minimum atomic E-state index is -2.90. The molecule has 140 valence electrons. The van der Waals surface area contributed by atoms with Crippen LogP contribution in [0.1, 0.15) is 33.6 Å². The molecule has 1 aromatic rings. The summed E-state index contributed by atoms with van der Waals surface area (Å²) in [7, 11) is -2.90. The van der Waals surface area contributed by atoms with E-state index in [9.17, 15) is 13.2 Å². The monoisotopic (exact) mass is 368 g/mol. The topological polar surface area (TPSA) is 75.7 Å². The second kappa shape index (κ2) is 8.67. The van der Waals surface area contributed by atoms with E-state index in [1.165, 1.54) is 0 Å². The molecule has 2 rings (SSSR count). The van der Waals surface area contributed by atoms with Crippen LogP contribution >= 0.6 is 0 Å². The number of nitrogens with zero attached hydrogens (tertiary/aromatic N) is 1. The third-order valence-corrected chi connectivity index (χ3v) is 6.02. The standard InChI is InChI=1S/C18H28N2O4S/c1-4-20(16-10-12-25(22,23)13-16)11-9-18(21)19-15-5-7-17(8-6-15)24-14(2)3/h5-8,14,16H,4,9-13H2,1-3H3,(H,19,21). The zero-order chi connectivity index (χ0) is 18.4. The first kappa shape index (κ1) is 19.7. The van der Waals surface area contributed by atoms with E-state index in [0.29, 0.717) is 19.4 Å². The fourth-order valence-corrected chi connectivity index (χ4v) is 4.78. The average molecular weight is 368 g/mol. The van der Waals surface area contributed by atoms with Crippen LogP contribution in [0, 0.1) is 0 Å². The largest absolute Gasteiger partial charge is 0.491 e. The smallest absolute Gasteiger partial charge is 0.225 e. The Morgan fingerprint density at radius 2 is 2.00 bits per heavy atom. The Morgan fingerprint density at radius 3 is 2.52 bits per heavy atom. The van der Waals surface area contributed by atoms with Gasteiger partial charge in [-0.3, -0.25) is 9.69 Å². The number of sulfone groups is 1. The van der Waals surface area contributed by atoms with Gasteiger partial charge in [0.25, 0.3) is 0 Å². The van der Waals surface area contributed by atoms with E-state index in [4.69, 9.17) is 4.74 Å². The molecule has 1 atom stereocenters. The minimum absolute atomic E-state index is 0.0373. The van der Waals surface area contributed by atoms with Crippen LogP contribution in [0.3, 0.4) is 0 Å². The Balaban J connectivity index is 1.81. The lowest BCUT2D eigenvalue weighted by atomic mass is 10.2. The normalized spacial score (nSPS) is 19.3.